The van der Waals surface area contributed by atoms with Gasteiger partial charge in [0, 0.05) is 0 Å². The number of rotatable bonds is 5. The molecule has 0 saturated carbocycles. The number of nitrogens with zero attached hydrogens (tertiary/aromatic N) is 3. The number of hydrogen-bond donors (Lipinski definition) is 0. The number of aromatic nitrogens is 2. The van der Waals surface area contributed by atoms with Crippen LogP contribution >= 0.6 is 0 Å². The normalized spacial score (nSPS) is 13.0. The second kappa shape index (κ2) is 15.9. The fraction of sp³-hybridized carbons (Fsp3) is 0.0909. The zero-order chi connectivity index (χ0) is 47.7. The molecule has 0 radical (unpaired) electrons. The van der Waals surface area contributed by atoms with Gasteiger partial charge in [0.1, 0.15) is 0 Å². The van der Waals surface area contributed by atoms with Gasteiger partial charge in [-0.1, -0.05) is 0 Å². The van der Waals surface area contributed by atoms with Crippen molar-refractivity contribution in [2.24, 2.45) is 0 Å². The molecule has 14 rings (SSSR count). The maximum atomic E-state index is 2.70. The van der Waals surface area contributed by atoms with Gasteiger partial charge in [-0.15, -0.1) is 0 Å². The Hall–Kier alpha value is -7.82. The fourth-order valence-electron chi connectivity index (χ4n) is 12.1. The van der Waals surface area contributed by atoms with Crippen molar-refractivity contribution in [2.75, 3.05) is 4.90 Å². The van der Waals surface area contributed by atoms with Crippen molar-refractivity contribution in [3.05, 3.63) is 229 Å². The maximum absolute atomic E-state index is 2.70. The SMILES string of the molecule is Cc1c(-n2c3ccccc3c3ccccc32)ccc2c1[Se]c1cc(C(C)(C)C)cc3c1B2c1ccc(-n2c4ccccc4c4ccccc42)c(C)c1N3c1cc(-c2ccccc2)ccc1-c1ccccc1. The second-order valence-corrected chi connectivity index (χ2v) is 22.7. The van der Waals surface area contributed by atoms with Crippen molar-refractivity contribution in [3.63, 3.8) is 0 Å². The Morgan fingerprint density at radius 3 is 1.45 bits per heavy atom. The minimum atomic E-state index is -0.1000. The first-order chi connectivity index (χ1) is 34.7. The van der Waals surface area contributed by atoms with Crippen molar-refractivity contribution >= 4 is 108 Å². The third-order valence-electron chi connectivity index (χ3n) is 15.5. The van der Waals surface area contributed by atoms with Crippen LogP contribution in [0.1, 0.15) is 37.5 Å². The third kappa shape index (κ3) is 6.29. The molecular weight excluding hydrogens is 925 g/mol. The summed E-state index contributed by atoms with van der Waals surface area (Å²) in [4.78, 5) is 2.70. The summed E-state index contributed by atoms with van der Waals surface area (Å²) in [5.41, 5.74) is 24.0. The van der Waals surface area contributed by atoms with Crippen molar-refractivity contribution in [2.45, 2.75) is 40.0 Å². The van der Waals surface area contributed by atoms with Gasteiger partial charge >= 0.3 is 424 Å². The van der Waals surface area contributed by atoms with Crippen molar-refractivity contribution in [1.82, 2.24) is 9.13 Å². The van der Waals surface area contributed by atoms with Gasteiger partial charge in [0.25, 0.3) is 0 Å². The number of hydrogen-bond acceptors (Lipinski definition) is 1. The Bertz CT molecular complexity index is 4050. The first kappa shape index (κ1) is 42.1. The van der Waals surface area contributed by atoms with E-state index >= 15 is 0 Å². The molecule has 0 atom stereocenters. The first-order valence-electron chi connectivity index (χ1n) is 24.9. The Kier molecular flexibility index (Phi) is 9.40. The van der Waals surface area contributed by atoms with Gasteiger partial charge in [0.15, 0.2) is 0 Å². The molecule has 0 bridgehead atoms. The topological polar surface area (TPSA) is 13.1 Å². The Labute approximate surface area is 421 Å². The van der Waals surface area contributed by atoms with E-state index in [0.29, 0.717) is 0 Å². The summed E-state index contributed by atoms with van der Waals surface area (Å²) in [5.74, 6) is 0. The van der Waals surface area contributed by atoms with Crippen LogP contribution in [-0.4, -0.2) is 30.8 Å². The third-order valence-corrected chi connectivity index (χ3v) is 18.2. The van der Waals surface area contributed by atoms with Crippen LogP contribution in [0.5, 0.6) is 0 Å². The average molecular weight is 975 g/mol. The monoisotopic (exact) mass is 975 g/mol. The molecule has 0 fully saturated rings. The van der Waals surface area contributed by atoms with E-state index in [0.717, 1.165) is 0 Å². The Morgan fingerprint density at radius 2 is 0.901 bits per heavy atom. The number of anilines is 3. The summed E-state index contributed by atoms with van der Waals surface area (Å²) in [6.07, 6.45) is 0. The average Bonchev–Trinajstić information content (AvgIpc) is 3.92. The molecule has 5 heteroatoms. The minimum absolute atomic E-state index is 0.0192. The first-order valence-corrected chi connectivity index (χ1v) is 26.6. The van der Waals surface area contributed by atoms with E-state index in [9.17, 15) is 0 Å². The van der Waals surface area contributed by atoms with E-state index in [1.54, 1.807) is 0 Å². The standard InChI is InChI=1S/C66H50BN3Se/c1-41-54(68-56-28-16-12-24-48(56)49-25-13-17-29-57(49)68)36-34-52-64(41)70(60-38-45(43-20-8-6-9-21-43)32-33-47(60)44-22-10-7-11-23-44)61-39-46(66(3,4)5)40-62-63(61)67(52)53-35-37-55(42(2)65(53)71-62)69-58-30-18-14-26-50(58)51-27-15-19-31-59(51)69/h6-40H,1-5H3. The molecular formula is C66H50BN3Se. The molecule has 71 heavy (non-hydrogen) atoms. The molecule has 0 N–H and O–H groups in total. The molecule has 0 unspecified atom stereocenters. The summed E-state index contributed by atoms with van der Waals surface area (Å²) in [6.45, 7) is 12.0. The molecule has 2 aliphatic rings. The molecule has 3 nitrogen and oxygen atoms in total. The zero-order valence-electron chi connectivity index (χ0n) is 40.5. The van der Waals surface area contributed by atoms with E-state index < -0.39 is 0 Å². The molecule has 12 aromatic rings. The van der Waals surface area contributed by atoms with Crippen LogP contribution in [0.2, 0.25) is 0 Å². The van der Waals surface area contributed by atoms with Gasteiger partial charge in [-0.3, -0.25) is 0 Å². The molecule has 0 saturated heterocycles. The van der Waals surface area contributed by atoms with Gasteiger partial charge in [-0.05, 0) is 0 Å². The number of fused-ring (bicyclic) bond motifs is 10. The molecule has 10 aromatic carbocycles. The van der Waals surface area contributed by atoms with Crippen LogP contribution in [0, 0.1) is 13.8 Å². The Balaban J connectivity index is 1.10. The van der Waals surface area contributed by atoms with Gasteiger partial charge in [-0.25, -0.2) is 0 Å². The van der Waals surface area contributed by atoms with Crippen LogP contribution in [-0.2, 0) is 5.41 Å². The van der Waals surface area contributed by atoms with Gasteiger partial charge < -0.3 is 0 Å². The summed E-state index contributed by atoms with van der Waals surface area (Å²) < 4.78 is 8.00. The summed E-state index contributed by atoms with van der Waals surface area (Å²) >= 11 is 0.0192. The number of benzene rings is 10. The van der Waals surface area contributed by atoms with Gasteiger partial charge in [-0.2, -0.15) is 0 Å². The van der Waals surface area contributed by atoms with E-state index in [1.807, 2.05) is 0 Å². The van der Waals surface area contributed by atoms with E-state index in [-0.39, 0.29) is 27.1 Å². The predicted octanol–water partition coefficient (Wildman–Crippen LogP) is 13.4. The molecule has 4 heterocycles. The summed E-state index contributed by atoms with van der Waals surface area (Å²) in [7, 11) is 0. The van der Waals surface area contributed by atoms with Crippen LogP contribution in [0.4, 0.5) is 17.1 Å². The molecule has 0 amide bonds. The molecule has 0 aliphatic carbocycles. The van der Waals surface area contributed by atoms with Gasteiger partial charge in [0.05, 0.1) is 0 Å². The quantitative estimate of drug-likeness (QED) is 0.157. The summed E-state index contributed by atoms with van der Waals surface area (Å²) in [5, 5.41) is 5.11. The second-order valence-electron chi connectivity index (χ2n) is 20.5. The van der Waals surface area contributed by atoms with Crippen molar-refractivity contribution < 1.29 is 0 Å². The predicted molar refractivity (Wildman–Crippen MR) is 305 cm³/mol. The van der Waals surface area contributed by atoms with E-state index in [1.165, 1.54) is 136 Å². The number of para-hydroxylation sites is 4. The molecule has 0 spiro atoms. The van der Waals surface area contributed by atoms with E-state index in [4.69, 9.17) is 0 Å². The van der Waals surface area contributed by atoms with E-state index in [2.05, 4.69) is 261 Å². The summed E-state index contributed by atoms with van der Waals surface area (Å²) in [6, 6.07) is 79.7. The fourth-order valence-corrected chi connectivity index (χ4v) is 14.8. The van der Waals surface area contributed by atoms with Crippen molar-refractivity contribution in [3.8, 4) is 33.6 Å². The van der Waals surface area contributed by atoms with Gasteiger partial charge in [0.2, 0.25) is 0 Å². The van der Waals surface area contributed by atoms with Crippen LogP contribution in [0.15, 0.2) is 212 Å². The molecule has 338 valence electrons. The van der Waals surface area contributed by atoms with Crippen LogP contribution < -0.4 is 30.2 Å². The van der Waals surface area contributed by atoms with Crippen molar-refractivity contribution in [1.29, 1.82) is 0 Å². The molecule has 2 aliphatic heterocycles. The zero-order valence-corrected chi connectivity index (χ0v) is 42.2. The molecule has 2 aromatic heterocycles. The van der Waals surface area contributed by atoms with Crippen LogP contribution in [0.25, 0.3) is 77.2 Å². The Morgan fingerprint density at radius 1 is 0.408 bits per heavy atom. The van der Waals surface area contributed by atoms with Crippen LogP contribution in [0.3, 0.4) is 0 Å².